The number of ether oxygens (including phenoxy) is 1. The van der Waals surface area contributed by atoms with Crippen LogP contribution < -0.4 is 0 Å². The Kier molecular flexibility index (Phi) is 4.75. The van der Waals surface area contributed by atoms with Crippen molar-refractivity contribution in [3.63, 3.8) is 0 Å². The first-order valence-corrected chi connectivity index (χ1v) is 6.19. The first-order chi connectivity index (χ1) is 8.74. The second-order valence-electron chi connectivity index (χ2n) is 4.43. The van der Waals surface area contributed by atoms with Crippen LogP contribution in [0.25, 0.3) is 6.08 Å². The van der Waals surface area contributed by atoms with Crippen molar-refractivity contribution in [1.82, 2.24) is 4.90 Å². The molecule has 1 saturated heterocycles. The third-order valence-electron chi connectivity index (χ3n) is 2.95. The minimum absolute atomic E-state index is 0.251. The lowest BCUT2D eigenvalue weighted by atomic mass is 10.1. The third-order valence-corrected chi connectivity index (χ3v) is 2.95. The molecule has 0 aromatic heterocycles. The molecule has 0 amide bonds. The van der Waals surface area contributed by atoms with Crippen LogP contribution in [0.4, 0.5) is 0 Å². The van der Waals surface area contributed by atoms with Gasteiger partial charge in [0.2, 0.25) is 0 Å². The molecule has 0 radical (unpaired) electrons. The van der Waals surface area contributed by atoms with Crippen molar-refractivity contribution >= 4 is 6.08 Å². The zero-order valence-corrected chi connectivity index (χ0v) is 10.3. The molecule has 1 unspecified atom stereocenters. The quantitative estimate of drug-likeness (QED) is 0.839. The normalized spacial score (nSPS) is 19.2. The fourth-order valence-corrected chi connectivity index (χ4v) is 1.92. The molecule has 2 N–H and O–H groups in total. The van der Waals surface area contributed by atoms with Crippen molar-refractivity contribution in [1.29, 1.82) is 0 Å². The van der Waals surface area contributed by atoms with E-state index < -0.39 is 6.10 Å². The molecular weight excluding hydrogens is 230 g/mol. The van der Waals surface area contributed by atoms with Crippen LogP contribution in [0.1, 0.15) is 5.56 Å². The van der Waals surface area contributed by atoms with Gasteiger partial charge in [-0.25, -0.2) is 0 Å². The average Bonchev–Trinajstić information content (AvgIpc) is 2.39. The van der Waals surface area contributed by atoms with E-state index in [2.05, 4.69) is 4.90 Å². The molecule has 18 heavy (non-hydrogen) atoms. The SMILES string of the molecule is Oc1ccc(/C=C/C(O)CN2CCOCC2)cc1. The summed E-state index contributed by atoms with van der Waals surface area (Å²) in [5.41, 5.74) is 0.967. The molecule has 98 valence electrons. The van der Waals surface area contributed by atoms with E-state index >= 15 is 0 Å². The highest BCUT2D eigenvalue weighted by Crippen LogP contribution is 2.11. The van der Waals surface area contributed by atoms with Crippen LogP contribution in [0.2, 0.25) is 0 Å². The van der Waals surface area contributed by atoms with Gasteiger partial charge < -0.3 is 14.9 Å². The Hall–Kier alpha value is -1.36. The standard InChI is InChI=1S/C14H19NO3/c16-13-4-1-12(2-5-13)3-6-14(17)11-15-7-9-18-10-8-15/h1-6,14,16-17H,7-11H2/b6-3+. The lowest BCUT2D eigenvalue weighted by Gasteiger charge is -2.27. The van der Waals surface area contributed by atoms with Crippen molar-refractivity contribution < 1.29 is 14.9 Å². The number of aliphatic hydroxyl groups excluding tert-OH is 1. The summed E-state index contributed by atoms with van der Waals surface area (Å²) in [6.45, 7) is 3.88. The van der Waals surface area contributed by atoms with Gasteiger partial charge in [0, 0.05) is 19.6 Å². The Balaban J connectivity index is 1.82. The fraction of sp³-hybridized carbons (Fsp3) is 0.429. The minimum atomic E-state index is -0.475. The van der Waals surface area contributed by atoms with Gasteiger partial charge in [-0.05, 0) is 17.7 Å². The number of aromatic hydroxyl groups is 1. The predicted molar refractivity (Wildman–Crippen MR) is 70.4 cm³/mol. The molecule has 1 aromatic carbocycles. The van der Waals surface area contributed by atoms with Crippen LogP contribution in [-0.4, -0.2) is 54.1 Å². The molecule has 4 nitrogen and oxygen atoms in total. The first-order valence-electron chi connectivity index (χ1n) is 6.19. The van der Waals surface area contributed by atoms with Crippen molar-refractivity contribution in [3.05, 3.63) is 35.9 Å². The number of hydrogen-bond acceptors (Lipinski definition) is 4. The summed E-state index contributed by atoms with van der Waals surface area (Å²) in [6, 6.07) is 6.89. The smallest absolute Gasteiger partial charge is 0.115 e. The number of phenolic OH excluding ortho intramolecular Hbond substituents is 1. The molecule has 1 atom stereocenters. The molecule has 0 aliphatic carbocycles. The van der Waals surface area contributed by atoms with E-state index in [1.54, 1.807) is 18.2 Å². The first kappa shape index (κ1) is 13.1. The monoisotopic (exact) mass is 249 g/mol. The van der Waals surface area contributed by atoms with E-state index in [9.17, 15) is 5.11 Å². The lowest BCUT2D eigenvalue weighted by molar-refractivity contribution is 0.0223. The zero-order chi connectivity index (χ0) is 12.8. The van der Waals surface area contributed by atoms with Crippen molar-refractivity contribution in [3.8, 4) is 5.75 Å². The lowest BCUT2D eigenvalue weighted by Crippen LogP contribution is -2.40. The number of β-amino-alcohol motifs (C(OH)–C–C–N with tert-alkyl or cyclic N) is 1. The predicted octanol–water partition coefficient (Wildman–Crippen LogP) is 1.10. The topological polar surface area (TPSA) is 52.9 Å². The summed E-state index contributed by atoms with van der Waals surface area (Å²) in [7, 11) is 0. The number of aliphatic hydroxyl groups is 1. The molecule has 1 aliphatic heterocycles. The van der Waals surface area contributed by atoms with E-state index in [0.717, 1.165) is 31.9 Å². The van der Waals surface area contributed by atoms with Crippen molar-refractivity contribution in [2.24, 2.45) is 0 Å². The van der Waals surface area contributed by atoms with Crippen LogP contribution in [0.15, 0.2) is 30.3 Å². The maximum atomic E-state index is 9.90. The summed E-state index contributed by atoms with van der Waals surface area (Å²) >= 11 is 0. The molecule has 0 spiro atoms. The molecule has 1 heterocycles. The molecule has 2 rings (SSSR count). The Bertz CT molecular complexity index is 383. The summed E-state index contributed by atoms with van der Waals surface area (Å²) in [5, 5.41) is 19.1. The highest BCUT2D eigenvalue weighted by atomic mass is 16.5. The largest absolute Gasteiger partial charge is 0.508 e. The molecule has 1 fully saturated rings. The van der Waals surface area contributed by atoms with E-state index in [4.69, 9.17) is 9.84 Å². The Labute approximate surface area is 107 Å². The number of hydrogen-bond donors (Lipinski definition) is 2. The highest BCUT2D eigenvalue weighted by molar-refractivity contribution is 5.50. The summed E-state index contributed by atoms with van der Waals surface area (Å²) in [5.74, 6) is 0.251. The minimum Gasteiger partial charge on any atom is -0.508 e. The van der Waals surface area contributed by atoms with Gasteiger partial charge in [-0.3, -0.25) is 4.90 Å². The van der Waals surface area contributed by atoms with Gasteiger partial charge in [0.25, 0.3) is 0 Å². The van der Waals surface area contributed by atoms with Gasteiger partial charge in [-0.15, -0.1) is 0 Å². The summed E-state index contributed by atoms with van der Waals surface area (Å²) in [6.07, 6.45) is 3.17. The Morgan fingerprint density at radius 1 is 1.22 bits per heavy atom. The molecule has 1 aromatic rings. The van der Waals surface area contributed by atoms with Gasteiger partial charge in [0.05, 0.1) is 19.3 Å². The second-order valence-corrected chi connectivity index (χ2v) is 4.43. The number of morpholine rings is 1. The van der Waals surface area contributed by atoms with Gasteiger partial charge >= 0.3 is 0 Å². The molecule has 0 saturated carbocycles. The molecular formula is C14H19NO3. The van der Waals surface area contributed by atoms with Crippen LogP contribution >= 0.6 is 0 Å². The summed E-state index contributed by atoms with van der Waals surface area (Å²) in [4.78, 5) is 2.19. The van der Waals surface area contributed by atoms with Gasteiger partial charge in [-0.2, -0.15) is 0 Å². The maximum absolute atomic E-state index is 9.90. The summed E-state index contributed by atoms with van der Waals surface area (Å²) < 4.78 is 5.26. The molecule has 4 heteroatoms. The Morgan fingerprint density at radius 3 is 2.56 bits per heavy atom. The number of benzene rings is 1. The Morgan fingerprint density at radius 2 is 1.89 bits per heavy atom. The number of nitrogens with zero attached hydrogens (tertiary/aromatic N) is 1. The maximum Gasteiger partial charge on any atom is 0.115 e. The average molecular weight is 249 g/mol. The number of rotatable bonds is 4. The molecule has 0 bridgehead atoms. The van der Waals surface area contributed by atoms with E-state index in [1.165, 1.54) is 0 Å². The second kappa shape index (κ2) is 6.54. The van der Waals surface area contributed by atoms with Gasteiger partial charge in [0.15, 0.2) is 0 Å². The third kappa shape index (κ3) is 4.14. The van der Waals surface area contributed by atoms with Crippen molar-refractivity contribution in [2.45, 2.75) is 6.10 Å². The fourth-order valence-electron chi connectivity index (χ4n) is 1.92. The zero-order valence-electron chi connectivity index (χ0n) is 10.3. The van der Waals surface area contributed by atoms with E-state index in [-0.39, 0.29) is 5.75 Å². The highest BCUT2D eigenvalue weighted by Gasteiger charge is 2.12. The van der Waals surface area contributed by atoms with Crippen LogP contribution in [-0.2, 0) is 4.74 Å². The van der Waals surface area contributed by atoms with Gasteiger partial charge in [0.1, 0.15) is 5.75 Å². The van der Waals surface area contributed by atoms with Crippen LogP contribution in [0.5, 0.6) is 5.75 Å². The van der Waals surface area contributed by atoms with Crippen molar-refractivity contribution in [2.75, 3.05) is 32.8 Å². The van der Waals surface area contributed by atoms with E-state index in [0.29, 0.717) is 6.54 Å². The van der Waals surface area contributed by atoms with E-state index in [1.807, 2.05) is 18.2 Å². The van der Waals surface area contributed by atoms with Gasteiger partial charge in [-0.1, -0.05) is 24.3 Å². The molecule has 1 aliphatic rings. The van der Waals surface area contributed by atoms with Crippen LogP contribution in [0, 0.1) is 0 Å². The van der Waals surface area contributed by atoms with Crippen LogP contribution in [0.3, 0.4) is 0 Å². The number of phenols is 1.